The minimum atomic E-state index is 0. The molecule has 1 aromatic heterocycles. The van der Waals surface area contributed by atoms with Crippen LogP contribution in [0.3, 0.4) is 0 Å². The van der Waals surface area contributed by atoms with Gasteiger partial charge in [-0.25, -0.2) is 0 Å². The van der Waals surface area contributed by atoms with Gasteiger partial charge in [0.05, 0.1) is 0 Å². The maximum atomic E-state index is 6.77. The Labute approximate surface area is 74.4 Å². The van der Waals surface area contributed by atoms with Crippen molar-refractivity contribution in [3.05, 3.63) is 24.5 Å². The molecule has 0 aliphatic carbocycles. The van der Waals surface area contributed by atoms with Crippen molar-refractivity contribution in [2.45, 2.75) is 13.0 Å². The van der Waals surface area contributed by atoms with Crippen LogP contribution in [-0.4, -0.2) is 10.8 Å². The van der Waals surface area contributed by atoms with Gasteiger partial charge in [-0.2, -0.15) is 0 Å². The van der Waals surface area contributed by atoms with Crippen molar-refractivity contribution < 1.29 is 20.3 Å². The van der Waals surface area contributed by atoms with Crippen molar-refractivity contribution in [3.63, 3.8) is 0 Å². The molecule has 0 spiro atoms. The Morgan fingerprint density at radius 2 is 2.00 bits per heavy atom. The van der Waals surface area contributed by atoms with Crippen LogP contribution in [0, 0.1) is 5.41 Å². The molecule has 0 fully saturated rings. The largest absolute Gasteiger partial charge is 1.00 e. The maximum Gasteiger partial charge on any atom is 1.00 e. The molecule has 0 amide bonds. The third-order valence-corrected chi connectivity index (χ3v) is 1.20. The molecule has 0 saturated heterocycles. The van der Waals surface area contributed by atoms with Gasteiger partial charge in [0.2, 0.25) is 0 Å². The molecule has 1 heterocycles. The van der Waals surface area contributed by atoms with Crippen molar-refractivity contribution in [3.8, 4) is 0 Å². The first-order chi connectivity index (χ1) is 4.43. The molecule has 0 aliphatic heterocycles. The van der Waals surface area contributed by atoms with Crippen LogP contribution in [0.4, 0.5) is 0 Å². The summed E-state index contributed by atoms with van der Waals surface area (Å²) in [5, 5.41) is 6.77. The van der Waals surface area contributed by atoms with E-state index in [-0.39, 0.29) is 20.3 Å². The standard InChI is InChI=1S/C7H10N2.Li.H/c8-4-3-7-9-5-1-2-6-9;;/h1-2,4-6,8H,3,7H2;;/q;+1;-1. The molecule has 1 rings (SSSR count). The quantitative estimate of drug-likeness (QED) is 0.387. The Bertz CT molecular complexity index is 175. The van der Waals surface area contributed by atoms with Gasteiger partial charge in [0.25, 0.3) is 0 Å². The molecule has 0 saturated carbocycles. The first kappa shape index (κ1) is 9.55. The zero-order valence-electron chi connectivity index (χ0n) is 7.25. The predicted molar refractivity (Wildman–Crippen MR) is 38.9 cm³/mol. The van der Waals surface area contributed by atoms with Crippen molar-refractivity contribution in [1.82, 2.24) is 4.57 Å². The van der Waals surface area contributed by atoms with Gasteiger partial charge in [-0.3, -0.25) is 0 Å². The Hall–Kier alpha value is -0.453. The summed E-state index contributed by atoms with van der Waals surface area (Å²) in [7, 11) is 0. The molecule has 0 aliphatic rings. The number of aryl methyl sites for hydroxylation is 1. The smallest absolute Gasteiger partial charge is 1.00 e. The van der Waals surface area contributed by atoms with Gasteiger partial charge in [-0.15, -0.1) is 0 Å². The van der Waals surface area contributed by atoms with Crippen LogP contribution in [0.1, 0.15) is 7.85 Å². The van der Waals surface area contributed by atoms with Crippen LogP contribution in [0.5, 0.6) is 0 Å². The molecule has 0 atom stereocenters. The van der Waals surface area contributed by atoms with Crippen LogP contribution in [-0.2, 0) is 6.54 Å². The molecule has 50 valence electrons. The second kappa shape index (κ2) is 5.34. The first-order valence-corrected chi connectivity index (χ1v) is 3.03. The summed E-state index contributed by atoms with van der Waals surface area (Å²) in [4.78, 5) is 0. The molecule has 2 nitrogen and oxygen atoms in total. The SMILES string of the molecule is N=CCCn1cccc1.[H-].[Li+]. The summed E-state index contributed by atoms with van der Waals surface area (Å²) in [5.41, 5.74) is 0. The fraction of sp³-hybridized carbons (Fsp3) is 0.286. The average Bonchev–Trinajstić information content (AvgIpc) is 2.34. The number of rotatable bonds is 3. The van der Waals surface area contributed by atoms with E-state index in [9.17, 15) is 0 Å². The zero-order chi connectivity index (χ0) is 6.53. The molecule has 1 N–H and O–H groups in total. The number of nitrogens with zero attached hydrogens (tertiary/aromatic N) is 1. The first-order valence-electron chi connectivity index (χ1n) is 3.03. The fourth-order valence-electron chi connectivity index (χ4n) is 0.733. The van der Waals surface area contributed by atoms with Gasteiger partial charge in [0, 0.05) is 18.9 Å². The van der Waals surface area contributed by atoms with Crippen LogP contribution in [0.2, 0.25) is 0 Å². The van der Waals surface area contributed by atoms with E-state index in [2.05, 4.69) is 4.57 Å². The molecule has 0 aromatic carbocycles. The maximum absolute atomic E-state index is 6.77. The van der Waals surface area contributed by atoms with E-state index in [0.29, 0.717) is 0 Å². The topological polar surface area (TPSA) is 28.8 Å². The van der Waals surface area contributed by atoms with Gasteiger partial charge >= 0.3 is 18.9 Å². The number of nitrogens with one attached hydrogen (secondary N) is 1. The van der Waals surface area contributed by atoms with Crippen LogP contribution in [0.15, 0.2) is 24.5 Å². The summed E-state index contributed by atoms with van der Waals surface area (Å²) in [6.07, 6.45) is 6.27. The minimum Gasteiger partial charge on any atom is -1.00 e. The molecule has 0 radical (unpaired) electrons. The summed E-state index contributed by atoms with van der Waals surface area (Å²) < 4.78 is 2.06. The van der Waals surface area contributed by atoms with E-state index in [1.807, 2.05) is 24.5 Å². The Morgan fingerprint density at radius 3 is 2.50 bits per heavy atom. The van der Waals surface area contributed by atoms with Crippen molar-refractivity contribution in [2.24, 2.45) is 0 Å². The van der Waals surface area contributed by atoms with Crippen LogP contribution >= 0.6 is 0 Å². The summed E-state index contributed by atoms with van der Waals surface area (Å²) in [5.74, 6) is 0. The number of hydrogen-bond acceptors (Lipinski definition) is 1. The molecular weight excluding hydrogens is 119 g/mol. The van der Waals surface area contributed by atoms with Crippen molar-refractivity contribution >= 4 is 6.21 Å². The molecule has 1 aromatic rings. The predicted octanol–water partition coefficient (Wildman–Crippen LogP) is -1.36. The van der Waals surface area contributed by atoms with E-state index >= 15 is 0 Å². The molecule has 10 heavy (non-hydrogen) atoms. The second-order valence-corrected chi connectivity index (χ2v) is 1.91. The molecular formula is C7H11LiN2. The molecule has 0 unspecified atom stereocenters. The number of aromatic nitrogens is 1. The average molecular weight is 130 g/mol. The summed E-state index contributed by atoms with van der Waals surface area (Å²) in [6.45, 7) is 0.927. The summed E-state index contributed by atoms with van der Waals surface area (Å²) >= 11 is 0. The van der Waals surface area contributed by atoms with Gasteiger partial charge < -0.3 is 11.4 Å². The number of hydrogen-bond donors (Lipinski definition) is 1. The normalized spacial score (nSPS) is 8.40. The van der Waals surface area contributed by atoms with Gasteiger partial charge in [0.1, 0.15) is 0 Å². The van der Waals surface area contributed by atoms with E-state index in [0.717, 1.165) is 13.0 Å². The van der Waals surface area contributed by atoms with Crippen LogP contribution < -0.4 is 18.9 Å². The van der Waals surface area contributed by atoms with Crippen molar-refractivity contribution in [2.75, 3.05) is 0 Å². The zero-order valence-corrected chi connectivity index (χ0v) is 6.25. The van der Waals surface area contributed by atoms with Crippen LogP contribution in [0.25, 0.3) is 0 Å². The van der Waals surface area contributed by atoms with E-state index < -0.39 is 0 Å². The Morgan fingerprint density at radius 1 is 1.40 bits per heavy atom. The Kier molecular flexibility index (Phi) is 5.10. The Balaban J connectivity index is 0. The van der Waals surface area contributed by atoms with Crippen molar-refractivity contribution in [1.29, 1.82) is 5.41 Å². The van der Waals surface area contributed by atoms with Gasteiger partial charge in [0.15, 0.2) is 0 Å². The third kappa shape index (κ3) is 2.91. The van der Waals surface area contributed by atoms with E-state index in [1.165, 1.54) is 6.21 Å². The monoisotopic (exact) mass is 130 g/mol. The van der Waals surface area contributed by atoms with E-state index in [4.69, 9.17) is 5.41 Å². The fourth-order valence-corrected chi connectivity index (χ4v) is 0.733. The third-order valence-electron chi connectivity index (χ3n) is 1.20. The molecule has 3 heteroatoms. The summed E-state index contributed by atoms with van der Waals surface area (Å²) in [6, 6.07) is 3.98. The van der Waals surface area contributed by atoms with E-state index in [1.54, 1.807) is 0 Å². The second-order valence-electron chi connectivity index (χ2n) is 1.91. The van der Waals surface area contributed by atoms with Gasteiger partial charge in [-0.1, -0.05) is 0 Å². The minimum absolute atomic E-state index is 0. The molecule has 0 bridgehead atoms. The van der Waals surface area contributed by atoms with Gasteiger partial charge in [-0.05, 0) is 24.8 Å².